The molecular weight excluding hydrogens is 445 g/mol. The second-order valence-corrected chi connectivity index (χ2v) is 9.28. The monoisotopic (exact) mass is 489 g/mol. The van der Waals surface area contributed by atoms with Crippen molar-refractivity contribution in [2.45, 2.75) is 86.2 Å². The fraction of sp³-hybridized carbons (Fsp3) is 0.607. The predicted octanol–water partition coefficient (Wildman–Crippen LogP) is 5.79. The number of allylic oxidation sites excluding steroid dienone is 1. The van der Waals surface area contributed by atoms with Gasteiger partial charge in [-0.25, -0.2) is 9.18 Å². The quantitative estimate of drug-likeness (QED) is 0.405. The Bertz CT molecular complexity index is 905. The standard InChI is InChI=1S/C14H21FN2O3.C14H23N/c1-3-8(2)12(18)7-17-11-5-4-9(15)6-10(11)13(16)14(19)20;1-5-10-15(11-6-2)14-9-7-8-12(3)13(14)4/h8-9H,3-7,16H2,1-2H3,(H,19,20);7-9H,5-6,10-11H2,1-4H3/b13-10-,17-11?;. The number of carbonyl (C=O) groups excluding carboxylic acids is 1. The molecule has 0 bridgehead atoms. The molecule has 196 valence electrons. The van der Waals surface area contributed by atoms with Crippen LogP contribution in [0.2, 0.25) is 0 Å². The number of alkyl halides is 1. The van der Waals surface area contributed by atoms with Gasteiger partial charge < -0.3 is 15.7 Å². The summed E-state index contributed by atoms with van der Waals surface area (Å²) in [6.45, 7) is 15.0. The van der Waals surface area contributed by atoms with Gasteiger partial charge in [0.15, 0.2) is 5.78 Å². The maximum Gasteiger partial charge on any atom is 0.352 e. The summed E-state index contributed by atoms with van der Waals surface area (Å²) in [6, 6.07) is 6.60. The van der Waals surface area contributed by atoms with Crippen LogP contribution in [0.15, 0.2) is 34.5 Å². The van der Waals surface area contributed by atoms with E-state index in [-0.39, 0.29) is 42.4 Å². The molecule has 35 heavy (non-hydrogen) atoms. The zero-order valence-electron chi connectivity index (χ0n) is 22.4. The average Bonchev–Trinajstić information content (AvgIpc) is 2.84. The first-order chi connectivity index (χ1) is 16.6. The van der Waals surface area contributed by atoms with E-state index in [1.807, 2.05) is 13.8 Å². The fourth-order valence-corrected chi connectivity index (χ4v) is 3.98. The number of Topliss-reactive ketones (excluding diaryl/α,β-unsaturated/α-hetero) is 1. The predicted molar refractivity (Wildman–Crippen MR) is 143 cm³/mol. The number of nitrogens with zero attached hydrogens (tertiary/aromatic N) is 2. The number of rotatable bonds is 10. The van der Waals surface area contributed by atoms with Gasteiger partial charge in [-0.2, -0.15) is 0 Å². The number of aliphatic imine (C=N–C) groups is 1. The van der Waals surface area contributed by atoms with E-state index in [1.54, 1.807) is 0 Å². The largest absolute Gasteiger partial charge is 0.477 e. The zero-order chi connectivity index (χ0) is 26.5. The second kappa shape index (κ2) is 15.3. The van der Waals surface area contributed by atoms with Gasteiger partial charge >= 0.3 is 5.97 Å². The number of carbonyl (C=O) groups is 2. The SMILES string of the molecule is CCC(C)C(=O)CN=C1CCC(F)C/C1=C(/N)C(=O)O.CCCN(CCC)c1cccc(C)c1C. The molecule has 0 heterocycles. The maximum atomic E-state index is 13.4. The third-order valence-corrected chi connectivity index (χ3v) is 6.52. The molecule has 1 aliphatic carbocycles. The Kier molecular flexibility index (Phi) is 13.3. The summed E-state index contributed by atoms with van der Waals surface area (Å²) in [5.74, 6) is -1.37. The summed E-state index contributed by atoms with van der Waals surface area (Å²) >= 11 is 0. The average molecular weight is 490 g/mol. The first kappa shape index (κ1) is 30.3. The number of hydrogen-bond donors (Lipinski definition) is 2. The normalized spacial score (nSPS) is 18.9. The molecule has 1 aliphatic rings. The van der Waals surface area contributed by atoms with Crippen molar-refractivity contribution < 1.29 is 19.1 Å². The minimum Gasteiger partial charge on any atom is -0.477 e. The second-order valence-electron chi connectivity index (χ2n) is 9.28. The number of aryl methyl sites for hydroxylation is 1. The molecule has 2 unspecified atom stereocenters. The van der Waals surface area contributed by atoms with Crippen LogP contribution in [0.1, 0.15) is 77.3 Å². The Morgan fingerprint density at radius 3 is 2.37 bits per heavy atom. The molecule has 2 atom stereocenters. The molecule has 0 radical (unpaired) electrons. The Morgan fingerprint density at radius 2 is 1.83 bits per heavy atom. The molecule has 0 aliphatic heterocycles. The topological polar surface area (TPSA) is 96.0 Å². The van der Waals surface area contributed by atoms with Crippen LogP contribution in [0.4, 0.5) is 10.1 Å². The molecule has 6 nitrogen and oxygen atoms in total. The molecule has 2 rings (SSSR count). The van der Waals surface area contributed by atoms with Crippen molar-refractivity contribution >= 4 is 23.2 Å². The molecule has 7 heteroatoms. The van der Waals surface area contributed by atoms with Gasteiger partial charge in [0.1, 0.15) is 11.9 Å². The molecule has 1 aromatic rings. The van der Waals surface area contributed by atoms with Gasteiger partial charge in [-0.05, 0) is 63.1 Å². The molecule has 0 saturated heterocycles. The van der Waals surface area contributed by atoms with E-state index in [4.69, 9.17) is 10.8 Å². The Morgan fingerprint density at radius 1 is 1.20 bits per heavy atom. The van der Waals surface area contributed by atoms with Gasteiger partial charge in [-0.1, -0.05) is 39.8 Å². The number of anilines is 1. The van der Waals surface area contributed by atoms with Crippen molar-refractivity contribution in [3.8, 4) is 0 Å². The number of halogens is 1. The van der Waals surface area contributed by atoms with E-state index in [2.05, 4.69) is 55.8 Å². The number of carboxylic acids is 1. The van der Waals surface area contributed by atoms with Crippen LogP contribution in [-0.2, 0) is 9.59 Å². The Balaban J connectivity index is 0.000000365. The smallest absolute Gasteiger partial charge is 0.352 e. The Hall–Kier alpha value is -2.70. The summed E-state index contributed by atoms with van der Waals surface area (Å²) < 4.78 is 13.4. The number of hydrogen-bond acceptors (Lipinski definition) is 5. The number of aliphatic carboxylic acids is 1. The maximum absolute atomic E-state index is 13.4. The third-order valence-electron chi connectivity index (χ3n) is 6.52. The van der Waals surface area contributed by atoms with E-state index in [1.165, 1.54) is 29.7 Å². The number of benzene rings is 1. The van der Waals surface area contributed by atoms with Gasteiger partial charge in [-0.3, -0.25) is 9.79 Å². The lowest BCUT2D eigenvalue weighted by Gasteiger charge is -2.26. The number of carboxylic acid groups (broad SMARTS) is 1. The lowest BCUT2D eigenvalue weighted by Crippen LogP contribution is -2.26. The van der Waals surface area contributed by atoms with Gasteiger partial charge in [0.05, 0.1) is 6.54 Å². The first-order valence-electron chi connectivity index (χ1n) is 12.8. The lowest BCUT2D eigenvalue weighted by molar-refractivity contribution is -0.132. The third kappa shape index (κ3) is 9.46. The number of nitrogens with two attached hydrogens (primary N) is 1. The highest BCUT2D eigenvalue weighted by Crippen LogP contribution is 2.26. The minimum absolute atomic E-state index is 0.00229. The summed E-state index contributed by atoms with van der Waals surface area (Å²) in [7, 11) is 0. The van der Waals surface area contributed by atoms with E-state index < -0.39 is 12.1 Å². The van der Waals surface area contributed by atoms with Crippen molar-refractivity contribution in [2.24, 2.45) is 16.6 Å². The van der Waals surface area contributed by atoms with Crippen LogP contribution in [-0.4, -0.2) is 48.4 Å². The van der Waals surface area contributed by atoms with E-state index in [0.717, 1.165) is 19.5 Å². The first-order valence-corrected chi connectivity index (χ1v) is 12.8. The van der Waals surface area contributed by atoms with Crippen LogP contribution < -0.4 is 10.6 Å². The number of ketones is 1. The van der Waals surface area contributed by atoms with E-state index in [9.17, 15) is 14.0 Å². The minimum atomic E-state index is -1.28. The summed E-state index contributed by atoms with van der Waals surface area (Å²) in [5.41, 5.74) is 10.0. The molecule has 1 fully saturated rings. The summed E-state index contributed by atoms with van der Waals surface area (Å²) in [4.78, 5) is 29.3. The van der Waals surface area contributed by atoms with Crippen LogP contribution in [0.5, 0.6) is 0 Å². The van der Waals surface area contributed by atoms with Crippen molar-refractivity contribution in [2.75, 3.05) is 24.5 Å². The molecule has 1 saturated carbocycles. The molecule has 1 aromatic carbocycles. The highest BCUT2D eigenvalue weighted by atomic mass is 19.1. The van der Waals surface area contributed by atoms with Crippen molar-refractivity contribution in [3.05, 3.63) is 40.6 Å². The highest BCUT2D eigenvalue weighted by Gasteiger charge is 2.26. The van der Waals surface area contributed by atoms with Gasteiger partial charge in [0, 0.05) is 42.4 Å². The van der Waals surface area contributed by atoms with E-state index in [0.29, 0.717) is 12.1 Å². The van der Waals surface area contributed by atoms with Crippen molar-refractivity contribution in [3.63, 3.8) is 0 Å². The van der Waals surface area contributed by atoms with Gasteiger partial charge in [-0.15, -0.1) is 0 Å². The fourth-order valence-electron chi connectivity index (χ4n) is 3.98. The molecular formula is C28H44FN3O3. The van der Waals surface area contributed by atoms with Crippen LogP contribution in [0.3, 0.4) is 0 Å². The Labute approximate surface area is 210 Å². The van der Waals surface area contributed by atoms with Crippen LogP contribution in [0, 0.1) is 19.8 Å². The van der Waals surface area contributed by atoms with Crippen molar-refractivity contribution in [1.82, 2.24) is 0 Å². The zero-order valence-corrected chi connectivity index (χ0v) is 22.4. The molecule has 0 amide bonds. The van der Waals surface area contributed by atoms with Gasteiger partial charge in [0.2, 0.25) is 0 Å². The summed E-state index contributed by atoms with van der Waals surface area (Å²) in [5, 5.41) is 8.91. The lowest BCUT2D eigenvalue weighted by atomic mass is 9.89. The van der Waals surface area contributed by atoms with Crippen molar-refractivity contribution in [1.29, 1.82) is 0 Å². The van der Waals surface area contributed by atoms with Crippen LogP contribution in [0.25, 0.3) is 0 Å². The molecule has 3 N–H and O–H groups in total. The molecule has 0 aromatic heterocycles. The molecule has 0 spiro atoms. The summed E-state index contributed by atoms with van der Waals surface area (Å²) in [6.07, 6.45) is 2.61. The van der Waals surface area contributed by atoms with E-state index >= 15 is 0 Å². The van der Waals surface area contributed by atoms with Crippen LogP contribution >= 0.6 is 0 Å². The highest BCUT2D eigenvalue weighted by molar-refractivity contribution is 6.07. The van der Waals surface area contributed by atoms with Gasteiger partial charge in [0.25, 0.3) is 0 Å².